The number of fused-ring (bicyclic) bond motifs is 1. The average Bonchev–Trinajstić information content (AvgIpc) is 2.76. The molecule has 2 heterocycles. The van der Waals surface area contributed by atoms with Gasteiger partial charge in [-0.2, -0.15) is 4.31 Å². The molecule has 0 radical (unpaired) electrons. The van der Waals surface area contributed by atoms with Crippen LogP contribution in [-0.2, 0) is 26.0 Å². The maximum atomic E-state index is 13.5. The summed E-state index contributed by atoms with van der Waals surface area (Å²) in [6.45, 7) is 5.03. The van der Waals surface area contributed by atoms with Gasteiger partial charge >= 0.3 is 0 Å². The molecule has 0 aliphatic carbocycles. The van der Waals surface area contributed by atoms with Crippen molar-refractivity contribution < 1.29 is 17.9 Å². The van der Waals surface area contributed by atoms with E-state index < -0.39 is 16.1 Å². The van der Waals surface area contributed by atoms with Crippen molar-refractivity contribution in [1.29, 1.82) is 0 Å². The molecule has 1 fully saturated rings. The maximum absolute atomic E-state index is 13.5. The van der Waals surface area contributed by atoms with Crippen LogP contribution < -0.4 is 5.56 Å². The zero-order valence-corrected chi connectivity index (χ0v) is 19.5. The van der Waals surface area contributed by atoms with Crippen LogP contribution in [0.4, 0.5) is 0 Å². The van der Waals surface area contributed by atoms with E-state index in [1.54, 1.807) is 18.2 Å². The van der Waals surface area contributed by atoms with Gasteiger partial charge in [-0.15, -0.1) is 0 Å². The standard InChI is InChI=1S/C23H25ClN2O5S/c1-15-9-17-11-18(23(27)25-21(17)10-16(15)2)12-26(13-19-14-30-7-8-31-19)32(28,29)22-6-4-3-5-20(22)24/h3-6,9-11,19H,7-8,12-14H2,1-2H3,(H,25,27)/t19-/m0/s1. The summed E-state index contributed by atoms with van der Waals surface area (Å²) in [5.74, 6) is 0. The third-order valence-corrected chi connectivity index (χ3v) is 7.94. The lowest BCUT2D eigenvalue weighted by atomic mass is 10.0. The summed E-state index contributed by atoms with van der Waals surface area (Å²) in [4.78, 5) is 15.7. The summed E-state index contributed by atoms with van der Waals surface area (Å²) < 4.78 is 39.4. The van der Waals surface area contributed by atoms with Gasteiger partial charge in [-0.1, -0.05) is 23.7 Å². The summed E-state index contributed by atoms with van der Waals surface area (Å²) in [7, 11) is -4.00. The van der Waals surface area contributed by atoms with Gasteiger partial charge in [-0.3, -0.25) is 4.79 Å². The number of rotatable bonds is 6. The smallest absolute Gasteiger partial charge is 0.252 e. The van der Waals surface area contributed by atoms with Crippen molar-refractivity contribution in [2.24, 2.45) is 0 Å². The predicted octanol–water partition coefficient (Wildman–Crippen LogP) is 3.40. The highest BCUT2D eigenvalue weighted by molar-refractivity contribution is 7.89. The number of benzene rings is 2. The van der Waals surface area contributed by atoms with E-state index in [0.717, 1.165) is 16.5 Å². The molecule has 32 heavy (non-hydrogen) atoms. The molecule has 0 spiro atoms. The second kappa shape index (κ2) is 9.33. The van der Waals surface area contributed by atoms with Crippen LogP contribution in [0.5, 0.6) is 0 Å². The number of hydrogen-bond acceptors (Lipinski definition) is 5. The molecule has 9 heteroatoms. The lowest BCUT2D eigenvalue weighted by Crippen LogP contribution is -2.43. The number of hydrogen-bond donors (Lipinski definition) is 1. The van der Waals surface area contributed by atoms with E-state index in [4.69, 9.17) is 21.1 Å². The molecule has 1 aliphatic rings. The fraction of sp³-hybridized carbons (Fsp3) is 0.348. The Kier molecular flexibility index (Phi) is 6.69. The minimum atomic E-state index is -4.00. The quantitative estimate of drug-likeness (QED) is 0.589. The molecule has 0 amide bonds. The summed E-state index contributed by atoms with van der Waals surface area (Å²) in [5, 5.41) is 0.965. The van der Waals surface area contributed by atoms with E-state index in [2.05, 4.69) is 4.98 Å². The molecule has 1 saturated heterocycles. The van der Waals surface area contributed by atoms with Crippen molar-refractivity contribution in [3.8, 4) is 0 Å². The number of aromatic amines is 1. The van der Waals surface area contributed by atoms with Crippen molar-refractivity contribution in [1.82, 2.24) is 9.29 Å². The molecule has 0 bridgehead atoms. The maximum Gasteiger partial charge on any atom is 0.252 e. The van der Waals surface area contributed by atoms with E-state index >= 15 is 0 Å². The number of aryl methyl sites for hydroxylation is 2. The fourth-order valence-electron chi connectivity index (χ4n) is 3.74. The molecule has 1 N–H and O–H groups in total. The number of sulfonamides is 1. The molecule has 4 rings (SSSR count). The minimum Gasteiger partial charge on any atom is -0.376 e. The van der Waals surface area contributed by atoms with Gasteiger partial charge in [0, 0.05) is 24.2 Å². The first-order chi connectivity index (χ1) is 15.3. The largest absolute Gasteiger partial charge is 0.376 e. The molecule has 7 nitrogen and oxygen atoms in total. The summed E-state index contributed by atoms with van der Waals surface area (Å²) in [6.07, 6.45) is -0.439. The number of halogens is 1. The third kappa shape index (κ3) is 4.74. The van der Waals surface area contributed by atoms with Crippen LogP contribution in [0.1, 0.15) is 16.7 Å². The zero-order valence-electron chi connectivity index (χ0n) is 17.9. The Bertz CT molecular complexity index is 1300. The van der Waals surface area contributed by atoms with E-state index in [0.29, 0.717) is 24.3 Å². The Balaban J connectivity index is 1.75. The molecular formula is C23H25ClN2O5S. The van der Waals surface area contributed by atoms with Crippen LogP contribution in [0.2, 0.25) is 5.02 Å². The van der Waals surface area contributed by atoms with Gasteiger partial charge in [0.1, 0.15) is 4.90 Å². The number of aromatic nitrogens is 1. The van der Waals surface area contributed by atoms with E-state index in [1.165, 1.54) is 16.4 Å². The highest BCUT2D eigenvalue weighted by atomic mass is 35.5. The first kappa shape index (κ1) is 22.9. The molecule has 170 valence electrons. The minimum absolute atomic E-state index is 0.0120. The molecule has 0 unspecified atom stereocenters. The van der Waals surface area contributed by atoms with Gasteiger partial charge in [0.15, 0.2) is 0 Å². The molecule has 0 saturated carbocycles. The van der Waals surface area contributed by atoms with Crippen LogP contribution >= 0.6 is 11.6 Å². The SMILES string of the molecule is Cc1cc2cc(CN(C[C@H]3COCCO3)S(=O)(=O)c3ccccc3Cl)c(=O)[nH]c2cc1C. The van der Waals surface area contributed by atoms with Crippen molar-refractivity contribution >= 4 is 32.5 Å². The second-order valence-electron chi connectivity index (χ2n) is 7.94. The van der Waals surface area contributed by atoms with Crippen molar-refractivity contribution in [2.45, 2.75) is 31.4 Å². The molecule has 1 atom stereocenters. The Morgan fingerprint density at radius 1 is 1.12 bits per heavy atom. The Morgan fingerprint density at radius 2 is 1.88 bits per heavy atom. The number of nitrogens with zero attached hydrogens (tertiary/aromatic N) is 1. The first-order valence-electron chi connectivity index (χ1n) is 10.3. The zero-order chi connectivity index (χ0) is 22.9. The number of ether oxygens (including phenoxy) is 2. The Hall–Kier alpha value is -2.23. The highest BCUT2D eigenvalue weighted by Gasteiger charge is 2.31. The van der Waals surface area contributed by atoms with Gasteiger partial charge in [0.05, 0.1) is 30.9 Å². The lowest BCUT2D eigenvalue weighted by molar-refractivity contribution is -0.0923. The van der Waals surface area contributed by atoms with Gasteiger partial charge in [-0.05, 0) is 60.7 Å². The van der Waals surface area contributed by atoms with Crippen LogP contribution in [0, 0.1) is 13.8 Å². The molecule has 1 aliphatic heterocycles. The monoisotopic (exact) mass is 476 g/mol. The van der Waals surface area contributed by atoms with Crippen LogP contribution in [-0.4, -0.2) is 50.2 Å². The van der Waals surface area contributed by atoms with Gasteiger partial charge in [0.2, 0.25) is 10.0 Å². The molecule has 2 aromatic carbocycles. The second-order valence-corrected chi connectivity index (χ2v) is 10.3. The third-order valence-electron chi connectivity index (χ3n) is 5.63. The summed E-state index contributed by atoms with van der Waals surface area (Å²) in [6, 6.07) is 11.9. The fourth-order valence-corrected chi connectivity index (χ4v) is 5.68. The number of nitrogens with one attached hydrogen (secondary N) is 1. The number of pyridine rings is 1. The van der Waals surface area contributed by atoms with E-state index in [9.17, 15) is 13.2 Å². The molecule has 3 aromatic rings. The normalized spacial score (nSPS) is 17.2. The van der Waals surface area contributed by atoms with Gasteiger partial charge in [-0.25, -0.2) is 8.42 Å². The summed E-state index contributed by atoms with van der Waals surface area (Å²) in [5.41, 5.74) is 2.88. The predicted molar refractivity (Wildman–Crippen MR) is 124 cm³/mol. The van der Waals surface area contributed by atoms with E-state index in [1.807, 2.05) is 26.0 Å². The lowest BCUT2D eigenvalue weighted by Gasteiger charge is -2.29. The average molecular weight is 477 g/mol. The van der Waals surface area contributed by atoms with Gasteiger partial charge < -0.3 is 14.5 Å². The van der Waals surface area contributed by atoms with E-state index in [-0.39, 0.29) is 35.2 Å². The molecule has 1 aromatic heterocycles. The topological polar surface area (TPSA) is 88.7 Å². The number of H-pyrrole nitrogens is 1. The Morgan fingerprint density at radius 3 is 2.59 bits per heavy atom. The van der Waals surface area contributed by atoms with Crippen LogP contribution in [0.25, 0.3) is 10.9 Å². The Labute approximate surface area is 192 Å². The highest BCUT2D eigenvalue weighted by Crippen LogP contribution is 2.26. The summed E-state index contributed by atoms with van der Waals surface area (Å²) >= 11 is 6.21. The van der Waals surface area contributed by atoms with Crippen molar-refractivity contribution in [2.75, 3.05) is 26.4 Å². The van der Waals surface area contributed by atoms with Crippen molar-refractivity contribution in [3.63, 3.8) is 0 Å². The van der Waals surface area contributed by atoms with Crippen molar-refractivity contribution in [3.05, 3.63) is 74.5 Å². The first-order valence-corrected chi connectivity index (χ1v) is 12.1. The van der Waals surface area contributed by atoms with Crippen LogP contribution in [0.15, 0.2) is 52.2 Å². The van der Waals surface area contributed by atoms with Gasteiger partial charge in [0.25, 0.3) is 5.56 Å². The van der Waals surface area contributed by atoms with Crippen LogP contribution in [0.3, 0.4) is 0 Å². The molecular weight excluding hydrogens is 452 g/mol.